The molecule has 0 aromatic heterocycles. The summed E-state index contributed by atoms with van der Waals surface area (Å²) >= 11 is 0. The van der Waals surface area contributed by atoms with Gasteiger partial charge in [-0.1, -0.05) is 11.8 Å². The van der Waals surface area contributed by atoms with Gasteiger partial charge in [0.15, 0.2) is 0 Å². The molecule has 1 aromatic rings. The van der Waals surface area contributed by atoms with E-state index in [0.717, 1.165) is 23.4 Å². The van der Waals surface area contributed by atoms with E-state index in [-0.39, 0.29) is 6.61 Å². The van der Waals surface area contributed by atoms with Crippen molar-refractivity contribution >= 4 is 0 Å². The Kier molecular flexibility index (Phi) is 5.55. The first-order valence-electron chi connectivity index (χ1n) is 5.61. The van der Waals surface area contributed by atoms with E-state index in [0.29, 0.717) is 6.61 Å². The van der Waals surface area contributed by atoms with Crippen LogP contribution in [0.3, 0.4) is 0 Å². The lowest BCUT2D eigenvalue weighted by atomic mass is 10.1. The van der Waals surface area contributed by atoms with Crippen molar-refractivity contribution in [3.05, 3.63) is 29.3 Å². The van der Waals surface area contributed by atoms with Gasteiger partial charge >= 0.3 is 0 Å². The smallest absolute Gasteiger partial charge is 0.122 e. The van der Waals surface area contributed by atoms with Crippen LogP contribution in [0.25, 0.3) is 0 Å². The van der Waals surface area contributed by atoms with Gasteiger partial charge in [0.05, 0.1) is 0 Å². The second-order valence-electron chi connectivity index (χ2n) is 4.09. The number of hydrogen-bond donors (Lipinski definition) is 1. The third-order valence-electron chi connectivity index (χ3n) is 2.28. The number of rotatable bonds is 4. The Hall–Kier alpha value is -1.50. The molecule has 0 saturated heterocycles. The van der Waals surface area contributed by atoms with Crippen molar-refractivity contribution in [2.24, 2.45) is 0 Å². The number of likely N-dealkylation sites (N-methyl/N-ethyl adjacent to an activating group) is 1. The van der Waals surface area contributed by atoms with Gasteiger partial charge in [-0.3, -0.25) is 0 Å². The van der Waals surface area contributed by atoms with Crippen LogP contribution in [0.15, 0.2) is 18.2 Å². The van der Waals surface area contributed by atoms with Crippen molar-refractivity contribution in [2.75, 3.05) is 33.9 Å². The van der Waals surface area contributed by atoms with Crippen LogP contribution >= 0.6 is 0 Å². The molecule has 1 aromatic carbocycles. The summed E-state index contributed by atoms with van der Waals surface area (Å²) in [5.41, 5.74) is 1.96. The van der Waals surface area contributed by atoms with Gasteiger partial charge < -0.3 is 14.7 Å². The highest BCUT2D eigenvalue weighted by atomic mass is 16.5. The molecule has 0 aliphatic rings. The Labute approximate surface area is 103 Å². The van der Waals surface area contributed by atoms with Crippen molar-refractivity contribution < 1.29 is 9.84 Å². The fraction of sp³-hybridized carbons (Fsp3) is 0.429. The number of hydrogen-bond acceptors (Lipinski definition) is 3. The Bertz CT molecular complexity index is 416. The molecule has 0 bridgehead atoms. The third kappa shape index (κ3) is 4.90. The summed E-state index contributed by atoms with van der Waals surface area (Å²) in [6, 6.07) is 5.79. The molecule has 0 amide bonds. The maximum atomic E-state index is 8.62. The fourth-order valence-electron chi connectivity index (χ4n) is 1.37. The van der Waals surface area contributed by atoms with Crippen LogP contribution in [-0.2, 0) is 0 Å². The summed E-state index contributed by atoms with van der Waals surface area (Å²) in [6.07, 6.45) is 0. The van der Waals surface area contributed by atoms with E-state index in [1.807, 2.05) is 39.2 Å². The van der Waals surface area contributed by atoms with Crippen molar-refractivity contribution in [3.63, 3.8) is 0 Å². The molecule has 17 heavy (non-hydrogen) atoms. The summed E-state index contributed by atoms with van der Waals surface area (Å²) in [4.78, 5) is 2.08. The highest BCUT2D eigenvalue weighted by Crippen LogP contribution is 2.18. The van der Waals surface area contributed by atoms with Gasteiger partial charge in [0.1, 0.15) is 19.0 Å². The molecule has 0 spiro atoms. The average Bonchev–Trinajstić information content (AvgIpc) is 2.28. The Balaban J connectivity index is 2.63. The maximum absolute atomic E-state index is 8.62. The normalized spacial score (nSPS) is 9.94. The molecule has 0 atom stereocenters. The van der Waals surface area contributed by atoms with Crippen LogP contribution in [0.1, 0.15) is 11.1 Å². The number of aryl methyl sites for hydroxylation is 1. The first kappa shape index (κ1) is 13.6. The van der Waals surface area contributed by atoms with Crippen LogP contribution in [0.4, 0.5) is 0 Å². The van der Waals surface area contributed by atoms with Gasteiger partial charge in [0.2, 0.25) is 0 Å². The summed E-state index contributed by atoms with van der Waals surface area (Å²) in [5, 5.41) is 8.62. The molecule has 0 aliphatic carbocycles. The molecule has 1 N–H and O–H groups in total. The molecule has 0 unspecified atom stereocenters. The Morgan fingerprint density at radius 3 is 2.71 bits per heavy atom. The minimum absolute atomic E-state index is 0.111. The molecule has 0 radical (unpaired) electrons. The SMILES string of the molecule is Cc1cc(C#CCO)ccc1OCCN(C)C. The molecule has 0 aliphatic heterocycles. The second-order valence-corrected chi connectivity index (χ2v) is 4.09. The van der Waals surface area contributed by atoms with Crippen LogP contribution in [0.2, 0.25) is 0 Å². The molecule has 0 fully saturated rings. The van der Waals surface area contributed by atoms with Gasteiger partial charge in [0, 0.05) is 12.1 Å². The molecule has 92 valence electrons. The van der Waals surface area contributed by atoms with Gasteiger partial charge in [-0.05, 0) is 44.8 Å². The summed E-state index contributed by atoms with van der Waals surface area (Å²) in [6.45, 7) is 3.45. The number of aliphatic hydroxyl groups excluding tert-OH is 1. The summed E-state index contributed by atoms with van der Waals surface area (Å²) in [5.74, 6) is 6.39. The number of benzene rings is 1. The van der Waals surface area contributed by atoms with Crippen molar-refractivity contribution in [2.45, 2.75) is 6.92 Å². The van der Waals surface area contributed by atoms with E-state index in [1.54, 1.807) is 0 Å². The molecule has 0 saturated carbocycles. The fourth-order valence-corrected chi connectivity index (χ4v) is 1.37. The Morgan fingerprint density at radius 2 is 2.12 bits per heavy atom. The van der Waals surface area contributed by atoms with E-state index in [1.165, 1.54) is 0 Å². The van der Waals surface area contributed by atoms with Gasteiger partial charge in [-0.15, -0.1) is 0 Å². The first-order valence-corrected chi connectivity index (χ1v) is 5.61. The van der Waals surface area contributed by atoms with Gasteiger partial charge in [-0.25, -0.2) is 0 Å². The van der Waals surface area contributed by atoms with Crippen LogP contribution in [0, 0.1) is 18.8 Å². The zero-order valence-corrected chi connectivity index (χ0v) is 10.7. The third-order valence-corrected chi connectivity index (χ3v) is 2.28. The zero-order valence-electron chi connectivity index (χ0n) is 10.7. The summed E-state index contributed by atoms with van der Waals surface area (Å²) < 4.78 is 5.67. The maximum Gasteiger partial charge on any atom is 0.122 e. The van der Waals surface area contributed by atoms with E-state index in [2.05, 4.69) is 16.7 Å². The van der Waals surface area contributed by atoms with E-state index < -0.39 is 0 Å². The molecular weight excluding hydrogens is 214 g/mol. The van der Waals surface area contributed by atoms with Crippen molar-refractivity contribution in [1.82, 2.24) is 4.90 Å². The largest absolute Gasteiger partial charge is 0.492 e. The predicted molar refractivity (Wildman–Crippen MR) is 69.2 cm³/mol. The van der Waals surface area contributed by atoms with Crippen molar-refractivity contribution in [3.8, 4) is 17.6 Å². The van der Waals surface area contributed by atoms with E-state index in [9.17, 15) is 0 Å². The lowest BCUT2D eigenvalue weighted by Crippen LogP contribution is -2.19. The zero-order chi connectivity index (χ0) is 12.7. The standard InChI is InChI=1S/C14H19NO2/c1-12-11-13(5-4-9-16)6-7-14(12)17-10-8-15(2)3/h6-7,11,16H,8-10H2,1-3H3. The van der Waals surface area contributed by atoms with E-state index >= 15 is 0 Å². The van der Waals surface area contributed by atoms with Crippen molar-refractivity contribution in [1.29, 1.82) is 0 Å². The highest BCUT2D eigenvalue weighted by Gasteiger charge is 2.00. The van der Waals surface area contributed by atoms with Crippen LogP contribution < -0.4 is 4.74 Å². The van der Waals surface area contributed by atoms with Gasteiger partial charge in [-0.2, -0.15) is 0 Å². The number of aliphatic hydroxyl groups is 1. The number of ether oxygens (including phenoxy) is 1. The topological polar surface area (TPSA) is 32.7 Å². The highest BCUT2D eigenvalue weighted by molar-refractivity contribution is 5.43. The minimum atomic E-state index is -0.111. The quantitative estimate of drug-likeness (QED) is 0.795. The monoisotopic (exact) mass is 233 g/mol. The molecule has 3 heteroatoms. The lowest BCUT2D eigenvalue weighted by molar-refractivity contribution is 0.260. The minimum Gasteiger partial charge on any atom is -0.492 e. The van der Waals surface area contributed by atoms with Crippen LogP contribution in [0.5, 0.6) is 5.75 Å². The van der Waals surface area contributed by atoms with Gasteiger partial charge in [0.25, 0.3) is 0 Å². The van der Waals surface area contributed by atoms with Crippen LogP contribution in [-0.4, -0.2) is 43.9 Å². The molecular formula is C14H19NO2. The molecule has 0 heterocycles. The molecule has 3 nitrogen and oxygen atoms in total. The lowest BCUT2D eigenvalue weighted by Gasteiger charge is -2.12. The number of nitrogens with zero attached hydrogens (tertiary/aromatic N) is 1. The predicted octanol–water partition coefficient (Wildman–Crippen LogP) is 1.28. The van der Waals surface area contributed by atoms with E-state index in [4.69, 9.17) is 9.84 Å². The second kappa shape index (κ2) is 6.95. The Morgan fingerprint density at radius 1 is 1.35 bits per heavy atom. The first-order chi connectivity index (χ1) is 8.13. The molecule has 1 rings (SSSR count). The summed E-state index contributed by atoms with van der Waals surface area (Å²) in [7, 11) is 4.04. The average molecular weight is 233 g/mol.